The maximum absolute atomic E-state index is 14.0. The van der Waals surface area contributed by atoms with Crippen LogP contribution in [-0.2, 0) is 17.6 Å². The molecule has 0 aliphatic heterocycles. The van der Waals surface area contributed by atoms with Crippen molar-refractivity contribution in [2.75, 3.05) is 32.9 Å². The first-order chi connectivity index (χ1) is 17.0. The summed E-state index contributed by atoms with van der Waals surface area (Å²) in [5.74, 6) is 0.612. The molecule has 4 rings (SSSR count). The van der Waals surface area contributed by atoms with Crippen molar-refractivity contribution in [1.29, 1.82) is 0 Å². The van der Waals surface area contributed by atoms with E-state index in [1.807, 2.05) is 37.2 Å². The molecule has 0 N–H and O–H groups in total. The summed E-state index contributed by atoms with van der Waals surface area (Å²) in [6.07, 6.45) is 1.58. The third kappa shape index (κ3) is 6.69. The van der Waals surface area contributed by atoms with Crippen LogP contribution in [0.25, 0.3) is 0 Å². The van der Waals surface area contributed by atoms with Crippen molar-refractivity contribution >= 4 is 24.9 Å². The molecule has 3 nitrogen and oxygen atoms in total. The first-order valence-corrected chi connectivity index (χ1v) is 12.6. The molecule has 0 aliphatic carbocycles. The minimum atomic E-state index is -0.235. The molecule has 0 radical (unpaired) electrons. The molecule has 4 aromatic carbocycles. The van der Waals surface area contributed by atoms with Gasteiger partial charge in [0.15, 0.2) is 6.79 Å². The fourth-order valence-electron chi connectivity index (χ4n) is 4.14. The number of hydrogen-bond acceptors (Lipinski definition) is 3. The topological polar surface area (TPSA) is 21.7 Å². The molecular weight excluding hydrogens is 456 g/mol. The van der Waals surface area contributed by atoms with Gasteiger partial charge in [0.1, 0.15) is 11.6 Å². The monoisotopic (exact) mass is 487 g/mol. The molecule has 1 unspecified atom stereocenters. The van der Waals surface area contributed by atoms with Gasteiger partial charge in [-0.25, -0.2) is 4.39 Å². The maximum atomic E-state index is 14.0. The van der Waals surface area contributed by atoms with Gasteiger partial charge in [-0.05, 0) is 52.9 Å². The summed E-state index contributed by atoms with van der Waals surface area (Å²) < 4.78 is 25.5. The summed E-state index contributed by atoms with van der Waals surface area (Å²) in [7, 11) is 5.82. The zero-order valence-corrected chi connectivity index (χ0v) is 21.4. The second-order valence-electron chi connectivity index (χ2n) is 8.69. The fraction of sp³-hybridized carbons (Fsp3) is 0.200. The van der Waals surface area contributed by atoms with Crippen LogP contribution >= 0.6 is 8.58 Å². The van der Waals surface area contributed by atoms with Crippen LogP contribution < -0.4 is 20.2 Å². The zero-order valence-electron chi connectivity index (χ0n) is 20.4. The first kappa shape index (κ1) is 24.9. The third-order valence-corrected chi connectivity index (χ3v) is 7.08. The van der Waals surface area contributed by atoms with E-state index in [4.69, 9.17) is 9.47 Å². The SMILES string of the molecule is COCOc1c(Cc2ccccc2)cc(Cc2ccccc2)cc1Pc1ccc(F)cc1N(C)C. The standard InChI is InChI=1S/C30H31FNO2P/c1-32(2)27-20-26(31)14-15-28(27)35-29-19-24(16-22-10-6-4-7-11-22)18-25(30(29)34-21-33-3)17-23-12-8-5-9-13-23/h4-15,18-20,35H,16-17,21H2,1-3H3. The van der Waals surface area contributed by atoms with Crippen LogP contribution in [0.4, 0.5) is 10.1 Å². The molecule has 180 valence electrons. The summed E-state index contributed by atoms with van der Waals surface area (Å²) in [4.78, 5) is 1.96. The average Bonchev–Trinajstić information content (AvgIpc) is 2.86. The molecule has 0 heterocycles. The lowest BCUT2D eigenvalue weighted by Gasteiger charge is -2.21. The van der Waals surface area contributed by atoms with E-state index in [-0.39, 0.29) is 12.6 Å². The Hall–Kier alpha value is -3.20. The van der Waals surface area contributed by atoms with Gasteiger partial charge in [0, 0.05) is 43.9 Å². The Morgan fingerprint density at radius 1 is 0.743 bits per heavy atom. The predicted molar refractivity (Wildman–Crippen MR) is 146 cm³/mol. The second-order valence-corrected chi connectivity index (χ2v) is 10.0. The maximum Gasteiger partial charge on any atom is 0.188 e. The van der Waals surface area contributed by atoms with Crippen LogP contribution in [0, 0.1) is 5.82 Å². The van der Waals surface area contributed by atoms with Crippen LogP contribution in [0.3, 0.4) is 0 Å². The van der Waals surface area contributed by atoms with Crippen LogP contribution in [0.2, 0.25) is 0 Å². The second kappa shape index (κ2) is 12.0. The molecule has 1 atom stereocenters. The Kier molecular flexibility index (Phi) is 8.52. The smallest absolute Gasteiger partial charge is 0.188 e. The molecule has 4 aromatic rings. The number of benzene rings is 4. The van der Waals surface area contributed by atoms with Crippen LogP contribution in [-0.4, -0.2) is 28.0 Å². The molecule has 0 amide bonds. The predicted octanol–water partition coefficient (Wildman–Crippen LogP) is 5.69. The minimum Gasteiger partial charge on any atom is -0.467 e. The van der Waals surface area contributed by atoms with Crippen molar-refractivity contribution in [1.82, 2.24) is 0 Å². The molecule has 0 aromatic heterocycles. The van der Waals surface area contributed by atoms with Crippen LogP contribution in [0.5, 0.6) is 5.75 Å². The van der Waals surface area contributed by atoms with Gasteiger partial charge in [-0.3, -0.25) is 0 Å². The number of ether oxygens (including phenoxy) is 2. The van der Waals surface area contributed by atoms with Crippen LogP contribution in [0.15, 0.2) is 91.0 Å². The van der Waals surface area contributed by atoms with E-state index in [2.05, 4.69) is 60.7 Å². The van der Waals surface area contributed by atoms with E-state index in [0.717, 1.165) is 40.5 Å². The molecule has 0 saturated carbocycles. The van der Waals surface area contributed by atoms with Crippen molar-refractivity contribution in [3.63, 3.8) is 0 Å². The molecule has 0 aliphatic rings. The number of rotatable bonds is 10. The largest absolute Gasteiger partial charge is 0.467 e. The van der Waals surface area contributed by atoms with Crippen molar-refractivity contribution in [2.45, 2.75) is 12.8 Å². The van der Waals surface area contributed by atoms with E-state index >= 15 is 0 Å². The third-order valence-electron chi connectivity index (χ3n) is 5.75. The summed E-state index contributed by atoms with van der Waals surface area (Å²) in [6.45, 7) is 0.168. The fourth-order valence-corrected chi connectivity index (χ4v) is 5.63. The van der Waals surface area contributed by atoms with E-state index in [1.54, 1.807) is 13.2 Å². The van der Waals surface area contributed by atoms with Crippen molar-refractivity contribution in [2.24, 2.45) is 0 Å². The van der Waals surface area contributed by atoms with Gasteiger partial charge in [-0.2, -0.15) is 0 Å². The number of hydrogen-bond donors (Lipinski definition) is 0. The summed E-state index contributed by atoms with van der Waals surface area (Å²) in [5, 5.41) is 2.16. The summed E-state index contributed by atoms with van der Waals surface area (Å²) >= 11 is 0. The normalized spacial score (nSPS) is 11.2. The molecule has 0 bridgehead atoms. The highest BCUT2D eigenvalue weighted by Crippen LogP contribution is 2.31. The lowest BCUT2D eigenvalue weighted by Crippen LogP contribution is -2.20. The van der Waals surface area contributed by atoms with E-state index in [9.17, 15) is 4.39 Å². The Labute approximate surface area is 209 Å². The number of methoxy groups -OCH3 is 1. The molecule has 5 heteroatoms. The van der Waals surface area contributed by atoms with Crippen molar-refractivity contribution in [3.05, 3.63) is 119 Å². The highest BCUT2D eigenvalue weighted by molar-refractivity contribution is 7.56. The summed E-state index contributed by atoms with van der Waals surface area (Å²) in [5.41, 5.74) is 5.70. The molecule has 0 fully saturated rings. The average molecular weight is 488 g/mol. The quantitative estimate of drug-likeness (QED) is 0.212. The van der Waals surface area contributed by atoms with E-state index in [1.165, 1.54) is 22.8 Å². The van der Waals surface area contributed by atoms with Crippen molar-refractivity contribution < 1.29 is 13.9 Å². The Bertz CT molecular complexity index is 1250. The number of anilines is 1. The van der Waals surface area contributed by atoms with Gasteiger partial charge in [0.05, 0.1) is 0 Å². The van der Waals surface area contributed by atoms with Gasteiger partial charge < -0.3 is 14.4 Å². The lowest BCUT2D eigenvalue weighted by molar-refractivity contribution is 0.0513. The molecular formula is C30H31FNO2P. The number of halogens is 1. The first-order valence-electron chi connectivity index (χ1n) is 11.6. The van der Waals surface area contributed by atoms with Gasteiger partial charge in [0.25, 0.3) is 0 Å². The summed E-state index contributed by atoms with van der Waals surface area (Å²) in [6, 6.07) is 30.4. The highest BCUT2D eigenvalue weighted by Gasteiger charge is 2.17. The molecule has 0 saturated heterocycles. The minimum absolute atomic E-state index is 0.168. The van der Waals surface area contributed by atoms with E-state index < -0.39 is 0 Å². The Balaban J connectivity index is 1.81. The van der Waals surface area contributed by atoms with Gasteiger partial charge >= 0.3 is 0 Å². The van der Waals surface area contributed by atoms with Crippen molar-refractivity contribution in [3.8, 4) is 5.75 Å². The zero-order chi connectivity index (χ0) is 24.6. The lowest BCUT2D eigenvalue weighted by atomic mass is 9.98. The van der Waals surface area contributed by atoms with Crippen LogP contribution in [0.1, 0.15) is 22.3 Å². The Morgan fingerprint density at radius 3 is 2.03 bits per heavy atom. The number of nitrogens with zero attached hydrogens (tertiary/aromatic N) is 1. The molecule has 0 spiro atoms. The van der Waals surface area contributed by atoms with Gasteiger partial charge in [-0.1, -0.05) is 75.3 Å². The van der Waals surface area contributed by atoms with Gasteiger partial charge in [0.2, 0.25) is 0 Å². The van der Waals surface area contributed by atoms with E-state index in [0.29, 0.717) is 8.58 Å². The molecule has 35 heavy (non-hydrogen) atoms. The van der Waals surface area contributed by atoms with Gasteiger partial charge in [-0.15, -0.1) is 0 Å². The Morgan fingerprint density at radius 2 is 1.40 bits per heavy atom. The highest BCUT2D eigenvalue weighted by atomic mass is 31.1.